The van der Waals surface area contributed by atoms with Crippen molar-refractivity contribution in [1.29, 1.82) is 0 Å². The summed E-state index contributed by atoms with van der Waals surface area (Å²) in [6.45, 7) is 2.17. The Morgan fingerprint density at radius 1 is 1.00 bits per heavy atom. The Bertz CT molecular complexity index is 1050. The fourth-order valence-corrected chi connectivity index (χ4v) is 5.34. The van der Waals surface area contributed by atoms with Crippen molar-refractivity contribution in [3.8, 4) is 0 Å². The monoisotopic (exact) mass is 419 g/mol. The summed E-state index contributed by atoms with van der Waals surface area (Å²) in [5, 5.41) is 0. The molecule has 0 radical (unpaired) electrons. The van der Waals surface area contributed by atoms with Crippen LogP contribution in [0.1, 0.15) is 62.3 Å². The van der Waals surface area contributed by atoms with Gasteiger partial charge in [0.05, 0.1) is 11.0 Å². The van der Waals surface area contributed by atoms with E-state index in [9.17, 15) is 9.18 Å². The van der Waals surface area contributed by atoms with E-state index in [0.29, 0.717) is 19.5 Å². The van der Waals surface area contributed by atoms with E-state index in [1.807, 2.05) is 11.0 Å². The van der Waals surface area contributed by atoms with Crippen LogP contribution in [-0.4, -0.2) is 26.9 Å². The minimum absolute atomic E-state index is 0.103. The maximum absolute atomic E-state index is 13.2. The number of rotatable bonds is 6. The zero-order valence-corrected chi connectivity index (χ0v) is 18.0. The van der Waals surface area contributed by atoms with Crippen LogP contribution in [0.5, 0.6) is 0 Å². The number of aromatic nitrogens is 2. The first-order chi connectivity index (χ1) is 15.2. The average Bonchev–Trinajstić information content (AvgIpc) is 3.35. The van der Waals surface area contributed by atoms with Gasteiger partial charge in [-0.1, -0.05) is 56.4 Å². The molecular weight excluding hydrogens is 389 g/mol. The van der Waals surface area contributed by atoms with Gasteiger partial charge in [-0.05, 0) is 42.2 Å². The molecule has 2 aliphatic rings. The second-order valence-corrected chi connectivity index (χ2v) is 9.20. The van der Waals surface area contributed by atoms with Crippen molar-refractivity contribution in [2.75, 3.05) is 6.54 Å². The molecule has 0 bridgehead atoms. The number of imidazole rings is 1. The topological polar surface area (TPSA) is 38.1 Å². The SMILES string of the molecule is O=C1C[C@@H](c2nc3ccccc3n2CCC2CCCCC2)CN1Cc1ccc(F)cc1. The number of carbonyl (C=O) groups excluding carboxylic acids is 1. The summed E-state index contributed by atoms with van der Waals surface area (Å²) < 4.78 is 15.6. The minimum atomic E-state index is -0.249. The third-order valence-electron chi connectivity index (χ3n) is 7.04. The number of likely N-dealkylation sites (tertiary alicyclic amines) is 1. The highest BCUT2D eigenvalue weighted by Gasteiger charge is 2.34. The smallest absolute Gasteiger partial charge is 0.223 e. The van der Waals surface area contributed by atoms with Crippen LogP contribution >= 0.6 is 0 Å². The van der Waals surface area contributed by atoms with Crippen LogP contribution in [0.15, 0.2) is 48.5 Å². The Labute approximate surface area is 183 Å². The summed E-state index contributed by atoms with van der Waals surface area (Å²) in [6, 6.07) is 14.8. The Balaban J connectivity index is 1.36. The third-order valence-corrected chi connectivity index (χ3v) is 7.04. The van der Waals surface area contributed by atoms with Gasteiger partial charge in [0.1, 0.15) is 11.6 Å². The van der Waals surface area contributed by atoms with Gasteiger partial charge in [0.2, 0.25) is 5.91 Å². The first kappa shape index (κ1) is 20.2. The zero-order chi connectivity index (χ0) is 21.2. The molecule has 0 unspecified atom stereocenters. The molecule has 5 rings (SSSR count). The quantitative estimate of drug-likeness (QED) is 0.517. The van der Waals surface area contributed by atoms with Crippen LogP contribution in [0.25, 0.3) is 11.0 Å². The zero-order valence-electron chi connectivity index (χ0n) is 18.0. The van der Waals surface area contributed by atoms with Crippen LogP contribution in [-0.2, 0) is 17.9 Å². The van der Waals surface area contributed by atoms with Gasteiger partial charge in [-0.2, -0.15) is 0 Å². The first-order valence-corrected chi connectivity index (χ1v) is 11.6. The molecule has 2 aromatic carbocycles. The number of benzene rings is 2. The van der Waals surface area contributed by atoms with Crippen molar-refractivity contribution in [1.82, 2.24) is 14.5 Å². The van der Waals surface area contributed by atoms with Crippen molar-refractivity contribution in [2.45, 2.75) is 64.0 Å². The molecule has 1 atom stereocenters. The number of para-hydroxylation sites is 2. The fraction of sp³-hybridized carbons (Fsp3) is 0.462. The van der Waals surface area contributed by atoms with Crippen molar-refractivity contribution >= 4 is 16.9 Å². The summed E-state index contributed by atoms with van der Waals surface area (Å²) in [7, 11) is 0. The van der Waals surface area contributed by atoms with Gasteiger partial charge in [0.25, 0.3) is 0 Å². The van der Waals surface area contributed by atoms with Crippen molar-refractivity contribution in [3.63, 3.8) is 0 Å². The number of carbonyl (C=O) groups is 1. The second kappa shape index (κ2) is 8.81. The van der Waals surface area contributed by atoms with E-state index in [4.69, 9.17) is 4.98 Å². The highest BCUT2D eigenvalue weighted by Crippen LogP contribution is 2.33. The summed E-state index contributed by atoms with van der Waals surface area (Å²) in [4.78, 5) is 19.6. The lowest BCUT2D eigenvalue weighted by Crippen LogP contribution is -2.24. The van der Waals surface area contributed by atoms with Crippen molar-refractivity contribution in [2.24, 2.45) is 5.92 Å². The number of fused-ring (bicyclic) bond motifs is 1. The number of nitrogens with zero attached hydrogens (tertiary/aromatic N) is 3. The lowest BCUT2D eigenvalue weighted by molar-refractivity contribution is -0.128. The average molecular weight is 420 g/mol. The van der Waals surface area contributed by atoms with E-state index < -0.39 is 0 Å². The van der Waals surface area contributed by atoms with Crippen LogP contribution in [0.4, 0.5) is 4.39 Å². The minimum Gasteiger partial charge on any atom is -0.338 e. The highest BCUT2D eigenvalue weighted by atomic mass is 19.1. The number of amides is 1. The highest BCUT2D eigenvalue weighted by molar-refractivity contribution is 5.81. The molecule has 1 amide bonds. The maximum atomic E-state index is 13.2. The van der Waals surface area contributed by atoms with Crippen molar-refractivity contribution < 1.29 is 9.18 Å². The molecule has 2 fully saturated rings. The van der Waals surface area contributed by atoms with Gasteiger partial charge in [-0.15, -0.1) is 0 Å². The summed E-state index contributed by atoms with van der Waals surface area (Å²) in [6.07, 6.45) is 8.46. The molecule has 1 saturated carbocycles. The third kappa shape index (κ3) is 4.36. The van der Waals surface area contributed by atoms with Crippen LogP contribution < -0.4 is 0 Å². The van der Waals surface area contributed by atoms with Gasteiger partial charge in [0, 0.05) is 32.0 Å². The second-order valence-electron chi connectivity index (χ2n) is 9.20. The van der Waals surface area contributed by atoms with Gasteiger partial charge in [-0.3, -0.25) is 4.79 Å². The molecule has 1 aliphatic heterocycles. The largest absolute Gasteiger partial charge is 0.338 e. The van der Waals surface area contributed by atoms with E-state index >= 15 is 0 Å². The number of hydrogen-bond acceptors (Lipinski definition) is 2. The Morgan fingerprint density at radius 2 is 1.77 bits per heavy atom. The number of aryl methyl sites for hydroxylation is 1. The normalized spacial score (nSPS) is 20.1. The molecule has 1 aliphatic carbocycles. The van der Waals surface area contributed by atoms with E-state index in [0.717, 1.165) is 29.4 Å². The Morgan fingerprint density at radius 3 is 2.58 bits per heavy atom. The summed E-state index contributed by atoms with van der Waals surface area (Å²) >= 11 is 0. The molecule has 162 valence electrons. The molecule has 31 heavy (non-hydrogen) atoms. The molecule has 0 spiro atoms. The van der Waals surface area contributed by atoms with Gasteiger partial charge in [-0.25, -0.2) is 9.37 Å². The molecule has 2 heterocycles. The lowest BCUT2D eigenvalue weighted by atomic mass is 9.87. The van der Waals surface area contributed by atoms with Crippen LogP contribution in [0.3, 0.4) is 0 Å². The van der Waals surface area contributed by atoms with Crippen LogP contribution in [0, 0.1) is 11.7 Å². The van der Waals surface area contributed by atoms with Gasteiger partial charge in [0.15, 0.2) is 0 Å². The van der Waals surface area contributed by atoms with Gasteiger partial charge >= 0.3 is 0 Å². The Hall–Kier alpha value is -2.69. The lowest BCUT2D eigenvalue weighted by Gasteiger charge is -2.23. The first-order valence-electron chi connectivity index (χ1n) is 11.6. The molecular formula is C26H30FN3O. The number of hydrogen-bond donors (Lipinski definition) is 0. The Kier molecular flexibility index (Phi) is 5.75. The van der Waals surface area contributed by atoms with E-state index in [-0.39, 0.29) is 17.6 Å². The fourth-order valence-electron chi connectivity index (χ4n) is 5.34. The molecule has 3 aromatic rings. The van der Waals surface area contributed by atoms with E-state index in [1.54, 1.807) is 12.1 Å². The van der Waals surface area contributed by atoms with Gasteiger partial charge < -0.3 is 9.47 Å². The molecule has 0 N–H and O–H groups in total. The standard InChI is InChI=1S/C26H30FN3O/c27-22-12-10-20(11-13-22)17-29-18-21(16-25(29)31)26-28-23-8-4-5-9-24(23)30(26)15-14-19-6-2-1-3-7-19/h4-5,8-13,19,21H,1-3,6-7,14-18H2/t21-/m1/s1. The summed E-state index contributed by atoms with van der Waals surface area (Å²) in [5.74, 6) is 1.86. The molecule has 1 aromatic heterocycles. The van der Waals surface area contributed by atoms with Crippen molar-refractivity contribution in [3.05, 3.63) is 65.7 Å². The molecule has 4 nitrogen and oxygen atoms in total. The maximum Gasteiger partial charge on any atom is 0.223 e. The van der Waals surface area contributed by atoms with Crippen LogP contribution in [0.2, 0.25) is 0 Å². The predicted molar refractivity (Wildman–Crippen MR) is 120 cm³/mol. The molecule has 5 heteroatoms. The summed E-state index contributed by atoms with van der Waals surface area (Å²) in [5.41, 5.74) is 3.16. The van der Waals surface area contributed by atoms with E-state index in [1.165, 1.54) is 56.2 Å². The molecule has 1 saturated heterocycles. The number of halogens is 1. The predicted octanol–water partition coefficient (Wildman–Crippen LogP) is 5.66. The van der Waals surface area contributed by atoms with E-state index in [2.05, 4.69) is 22.8 Å².